The highest BCUT2D eigenvalue weighted by atomic mass is 35.5. The first-order valence-corrected chi connectivity index (χ1v) is 8.85. The molecule has 0 saturated carbocycles. The Kier molecular flexibility index (Phi) is 5.38. The average Bonchev–Trinajstić information content (AvgIpc) is 2.99. The number of ether oxygens (including phenoxy) is 1. The van der Waals surface area contributed by atoms with E-state index >= 15 is 0 Å². The molecule has 0 atom stereocenters. The van der Waals surface area contributed by atoms with Crippen molar-refractivity contribution in [2.75, 3.05) is 33.3 Å². The summed E-state index contributed by atoms with van der Waals surface area (Å²) in [6, 6.07) is 8.26. The Morgan fingerprint density at radius 3 is 2.58 bits per heavy atom. The maximum Gasteiger partial charge on any atom is 0.254 e. The predicted molar refractivity (Wildman–Crippen MR) is 93.5 cm³/mol. The van der Waals surface area contributed by atoms with E-state index in [1.54, 1.807) is 22.3 Å². The lowest BCUT2D eigenvalue weighted by Crippen LogP contribution is -2.48. The molecule has 0 bridgehead atoms. The number of carbonyl (C=O) groups excluding carboxylic acids is 1. The highest BCUT2D eigenvalue weighted by Gasteiger charge is 2.23. The summed E-state index contributed by atoms with van der Waals surface area (Å²) in [5.74, 6) is -0.516. The minimum atomic E-state index is -0.517. The normalized spacial score (nSPS) is 15.5. The molecular weight excluding hydrogens is 351 g/mol. The summed E-state index contributed by atoms with van der Waals surface area (Å²) in [5, 5.41) is 0. The van der Waals surface area contributed by atoms with Gasteiger partial charge in [0.15, 0.2) is 11.6 Å². The van der Waals surface area contributed by atoms with E-state index in [1.807, 2.05) is 12.1 Å². The average molecular weight is 369 g/mol. The fourth-order valence-corrected chi connectivity index (χ4v) is 3.88. The number of hydrogen-bond acceptors (Lipinski definition) is 4. The van der Waals surface area contributed by atoms with Crippen LogP contribution in [0.4, 0.5) is 4.39 Å². The molecule has 1 saturated heterocycles. The molecule has 3 rings (SSSR count). The van der Waals surface area contributed by atoms with E-state index in [2.05, 4.69) is 4.90 Å². The molecule has 1 fully saturated rings. The number of carbonyl (C=O) groups is 1. The first-order valence-electron chi connectivity index (χ1n) is 7.66. The number of piperazine rings is 1. The predicted octanol–water partition coefficient (Wildman–Crippen LogP) is 3.51. The Balaban J connectivity index is 1.57. The smallest absolute Gasteiger partial charge is 0.254 e. The Morgan fingerprint density at radius 1 is 1.25 bits per heavy atom. The van der Waals surface area contributed by atoms with Crippen molar-refractivity contribution < 1.29 is 13.9 Å². The first kappa shape index (κ1) is 17.2. The maximum absolute atomic E-state index is 13.8. The van der Waals surface area contributed by atoms with Crippen LogP contribution in [0.15, 0.2) is 30.3 Å². The van der Waals surface area contributed by atoms with E-state index in [4.69, 9.17) is 16.3 Å². The van der Waals surface area contributed by atoms with Gasteiger partial charge in [0.25, 0.3) is 5.91 Å². The molecule has 0 unspecified atom stereocenters. The van der Waals surface area contributed by atoms with Crippen molar-refractivity contribution in [3.63, 3.8) is 0 Å². The number of nitrogens with zero attached hydrogens (tertiary/aromatic N) is 2. The molecule has 24 heavy (non-hydrogen) atoms. The number of hydrogen-bond donors (Lipinski definition) is 0. The molecule has 2 heterocycles. The molecule has 128 valence electrons. The second kappa shape index (κ2) is 7.51. The molecular formula is C17H18ClFN2O2S. The second-order valence-electron chi connectivity index (χ2n) is 5.62. The molecule has 0 spiro atoms. The van der Waals surface area contributed by atoms with E-state index in [0.717, 1.165) is 24.0 Å². The van der Waals surface area contributed by atoms with Crippen LogP contribution in [0, 0.1) is 5.82 Å². The van der Waals surface area contributed by atoms with E-state index < -0.39 is 5.82 Å². The lowest BCUT2D eigenvalue weighted by Gasteiger charge is -2.34. The molecule has 1 aromatic carbocycles. The van der Waals surface area contributed by atoms with Crippen molar-refractivity contribution in [1.82, 2.24) is 9.80 Å². The van der Waals surface area contributed by atoms with Crippen LogP contribution in [0.3, 0.4) is 0 Å². The number of methoxy groups -OCH3 is 1. The SMILES string of the molecule is COc1ccc(C(=O)N2CCN(Cc3ccc(Cl)s3)CC2)cc1F. The van der Waals surface area contributed by atoms with Gasteiger partial charge in [-0.2, -0.15) is 0 Å². The van der Waals surface area contributed by atoms with Crippen molar-refractivity contribution in [1.29, 1.82) is 0 Å². The second-order valence-corrected chi connectivity index (χ2v) is 7.42. The third kappa shape index (κ3) is 3.88. The Morgan fingerprint density at radius 2 is 2.00 bits per heavy atom. The van der Waals surface area contributed by atoms with Crippen LogP contribution in [0.2, 0.25) is 4.34 Å². The molecule has 0 N–H and O–H groups in total. The summed E-state index contributed by atoms with van der Waals surface area (Å²) in [7, 11) is 1.40. The van der Waals surface area contributed by atoms with Crippen molar-refractivity contribution >= 4 is 28.8 Å². The van der Waals surface area contributed by atoms with Gasteiger partial charge in [-0.3, -0.25) is 9.69 Å². The van der Waals surface area contributed by atoms with E-state index in [0.29, 0.717) is 18.7 Å². The van der Waals surface area contributed by atoms with Gasteiger partial charge in [-0.05, 0) is 30.3 Å². The van der Waals surface area contributed by atoms with Crippen LogP contribution < -0.4 is 4.74 Å². The van der Waals surface area contributed by atoms with E-state index in [1.165, 1.54) is 24.1 Å². The lowest BCUT2D eigenvalue weighted by atomic mass is 10.1. The molecule has 7 heteroatoms. The fourth-order valence-electron chi connectivity index (χ4n) is 2.75. The minimum absolute atomic E-state index is 0.143. The molecule has 1 aliphatic heterocycles. The number of benzene rings is 1. The summed E-state index contributed by atoms with van der Waals surface area (Å²) in [5.41, 5.74) is 0.354. The van der Waals surface area contributed by atoms with Gasteiger partial charge < -0.3 is 9.64 Å². The van der Waals surface area contributed by atoms with Crippen molar-refractivity contribution in [3.05, 3.63) is 50.9 Å². The number of thiophene rings is 1. The number of halogens is 2. The molecule has 1 amide bonds. The molecule has 1 aromatic heterocycles. The van der Waals surface area contributed by atoms with Crippen LogP contribution in [0.25, 0.3) is 0 Å². The zero-order chi connectivity index (χ0) is 17.1. The zero-order valence-electron chi connectivity index (χ0n) is 13.3. The van der Waals surface area contributed by atoms with Crippen molar-refractivity contribution in [2.24, 2.45) is 0 Å². The maximum atomic E-state index is 13.8. The van der Waals surface area contributed by atoms with E-state index in [-0.39, 0.29) is 11.7 Å². The Labute approximate surface area is 149 Å². The molecule has 0 aliphatic carbocycles. The lowest BCUT2D eigenvalue weighted by molar-refractivity contribution is 0.0629. The quantitative estimate of drug-likeness (QED) is 0.828. The largest absolute Gasteiger partial charge is 0.494 e. The van der Waals surface area contributed by atoms with Crippen LogP contribution in [-0.4, -0.2) is 49.0 Å². The monoisotopic (exact) mass is 368 g/mol. The van der Waals surface area contributed by atoms with Crippen LogP contribution in [-0.2, 0) is 6.54 Å². The van der Waals surface area contributed by atoms with Crippen molar-refractivity contribution in [3.8, 4) is 5.75 Å². The molecule has 4 nitrogen and oxygen atoms in total. The van der Waals surface area contributed by atoms with E-state index in [9.17, 15) is 9.18 Å². The summed E-state index contributed by atoms with van der Waals surface area (Å²) in [4.78, 5) is 17.8. The summed E-state index contributed by atoms with van der Waals surface area (Å²) >= 11 is 7.53. The van der Waals surface area contributed by atoms with Crippen LogP contribution >= 0.6 is 22.9 Å². The van der Waals surface area contributed by atoms with Crippen LogP contribution in [0.5, 0.6) is 5.75 Å². The van der Waals surface area contributed by atoms with Gasteiger partial charge >= 0.3 is 0 Å². The summed E-state index contributed by atoms with van der Waals surface area (Å²) < 4.78 is 19.4. The Bertz CT molecular complexity index is 729. The third-order valence-corrected chi connectivity index (χ3v) is 5.28. The highest BCUT2D eigenvalue weighted by Crippen LogP contribution is 2.23. The molecule has 0 radical (unpaired) electrons. The van der Waals surface area contributed by atoms with Gasteiger partial charge in [0.05, 0.1) is 11.4 Å². The van der Waals surface area contributed by atoms with Gasteiger partial charge in [0.2, 0.25) is 0 Å². The van der Waals surface area contributed by atoms with Crippen molar-refractivity contribution in [2.45, 2.75) is 6.54 Å². The summed E-state index contributed by atoms with van der Waals surface area (Å²) in [6.07, 6.45) is 0. The number of rotatable bonds is 4. The topological polar surface area (TPSA) is 32.8 Å². The van der Waals surface area contributed by atoms with Crippen LogP contribution in [0.1, 0.15) is 15.2 Å². The minimum Gasteiger partial charge on any atom is -0.494 e. The standard InChI is InChI=1S/C17H18ClFN2O2S/c1-23-15-4-2-12(10-14(15)19)17(22)21-8-6-20(7-9-21)11-13-3-5-16(18)24-13/h2-5,10H,6-9,11H2,1H3. The van der Waals surface area contributed by atoms with Gasteiger partial charge in [-0.15, -0.1) is 11.3 Å². The summed E-state index contributed by atoms with van der Waals surface area (Å²) in [6.45, 7) is 3.69. The Hall–Kier alpha value is -1.63. The van der Waals surface area contributed by atoms with Gasteiger partial charge in [0, 0.05) is 43.2 Å². The molecule has 1 aliphatic rings. The fraction of sp³-hybridized carbons (Fsp3) is 0.353. The molecule has 2 aromatic rings. The zero-order valence-corrected chi connectivity index (χ0v) is 14.9. The van der Waals surface area contributed by atoms with Gasteiger partial charge in [0.1, 0.15) is 0 Å². The van der Waals surface area contributed by atoms with Gasteiger partial charge in [-0.1, -0.05) is 11.6 Å². The number of amides is 1. The highest BCUT2D eigenvalue weighted by molar-refractivity contribution is 7.16. The third-order valence-electron chi connectivity index (χ3n) is 4.07. The van der Waals surface area contributed by atoms with Gasteiger partial charge in [-0.25, -0.2) is 4.39 Å². The first-order chi connectivity index (χ1) is 11.6.